The summed E-state index contributed by atoms with van der Waals surface area (Å²) in [6, 6.07) is 18.1. The molecule has 124 valence electrons. The molecule has 0 bridgehead atoms. The fraction of sp³-hybridized carbons (Fsp3) is 0.100. The van der Waals surface area contributed by atoms with Gasteiger partial charge in [-0.25, -0.2) is 9.67 Å². The third-order valence-electron chi connectivity index (χ3n) is 4.15. The second kappa shape index (κ2) is 6.75. The number of imidazole rings is 1. The highest BCUT2D eigenvalue weighted by atomic mass is 16.2. The Morgan fingerprint density at radius 3 is 2.68 bits per heavy atom. The predicted molar refractivity (Wildman–Crippen MR) is 96.9 cm³/mol. The monoisotopic (exact) mass is 330 g/mol. The van der Waals surface area contributed by atoms with Crippen molar-refractivity contribution in [2.45, 2.75) is 6.42 Å². The minimum absolute atomic E-state index is 0.121. The highest BCUT2D eigenvalue weighted by Gasteiger charge is 2.11. The smallest absolute Gasteiger partial charge is 0.144 e. The second-order valence-corrected chi connectivity index (χ2v) is 5.72. The van der Waals surface area contributed by atoms with E-state index in [1.807, 2.05) is 65.6 Å². The van der Waals surface area contributed by atoms with Crippen LogP contribution < -0.4 is 0 Å². The number of aromatic nitrogens is 4. The maximum absolute atomic E-state index is 9.34. The maximum Gasteiger partial charge on any atom is 0.144 e. The molecule has 0 saturated carbocycles. The first kappa shape index (κ1) is 15.4. The Balaban J connectivity index is 1.80. The zero-order valence-electron chi connectivity index (χ0n) is 13.7. The van der Waals surface area contributed by atoms with Gasteiger partial charge in [0.15, 0.2) is 0 Å². The van der Waals surface area contributed by atoms with E-state index in [9.17, 15) is 5.11 Å². The second-order valence-electron chi connectivity index (χ2n) is 5.72. The Labute approximate surface area is 145 Å². The Hall–Kier alpha value is -3.18. The third-order valence-corrected chi connectivity index (χ3v) is 4.15. The number of hydrogen-bond acceptors (Lipinski definition) is 3. The molecular weight excluding hydrogens is 312 g/mol. The van der Waals surface area contributed by atoms with Gasteiger partial charge in [-0.2, -0.15) is 5.10 Å². The molecule has 0 atom stereocenters. The van der Waals surface area contributed by atoms with Gasteiger partial charge in [0.25, 0.3) is 0 Å². The summed E-state index contributed by atoms with van der Waals surface area (Å²) in [5.41, 5.74) is 4.12. The molecule has 0 amide bonds. The molecule has 25 heavy (non-hydrogen) atoms. The molecule has 5 nitrogen and oxygen atoms in total. The molecule has 2 heterocycles. The van der Waals surface area contributed by atoms with Crippen LogP contribution in [0.2, 0.25) is 0 Å². The first-order valence-electron chi connectivity index (χ1n) is 8.20. The van der Waals surface area contributed by atoms with Crippen molar-refractivity contribution in [3.8, 4) is 22.8 Å². The third kappa shape index (κ3) is 2.97. The number of nitrogens with zero attached hydrogens (tertiary/aromatic N) is 4. The minimum atomic E-state index is 0.121. The minimum Gasteiger partial charge on any atom is -0.396 e. The number of para-hydroxylation sites is 1. The number of aliphatic hydroxyl groups excluding tert-OH is 1. The first-order chi connectivity index (χ1) is 12.4. The SMILES string of the molecule is OCCc1ccccc1-n1ccnc1-c1cccc(-n2cccn2)c1. The lowest BCUT2D eigenvalue weighted by Crippen LogP contribution is -2.03. The van der Waals surface area contributed by atoms with E-state index in [0.29, 0.717) is 6.42 Å². The van der Waals surface area contributed by atoms with Gasteiger partial charge in [-0.15, -0.1) is 0 Å². The van der Waals surface area contributed by atoms with E-state index >= 15 is 0 Å². The van der Waals surface area contributed by atoms with Gasteiger partial charge in [-0.05, 0) is 36.2 Å². The molecule has 0 unspecified atom stereocenters. The highest BCUT2D eigenvalue weighted by Crippen LogP contribution is 2.25. The van der Waals surface area contributed by atoms with E-state index in [1.165, 1.54) is 0 Å². The van der Waals surface area contributed by atoms with Crippen LogP contribution in [0.4, 0.5) is 0 Å². The van der Waals surface area contributed by atoms with Gasteiger partial charge in [0, 0.05) is 37.0 Å². The van der Waals surface area contributed by atoms with Crippen LogP contribution in [0.5, 0.6) is 0 Å². The van der Waals surface area contributed by atoms with Gasteiger partial charge in [0.1, 0.15) is 5.82 Å². The average Bonchev–Trinajstić information content (AvgIpc) is 3.35. The van der Waals surface area contributed by atoms with Gasteiger partial charge in [-0.3, -0.25) is 4.57 Å². The largest absolute Gasteiger partial charge is 0.396 e. The summed E-state index contributed by atoms with van der Waals surface area (Å²) in [5.74, 6) is 0.861. The van der Waals surface area contributed by atoms with Crippen molar-refractivity contribution in [1.29, 1.82) is 0 Å². The molecule has 0 aliphatic heterocycles. The van der Waals surface area contributed by atoms with E-state index in [1.54, 1.807) is 12.4 Å². The molecule has 0 radical (unpaired) electrons. The molecule has 0 spiro atoms. The molecule has 2 aromatic heterocycles. The van der Waals surface area contributed by atoms with Crippen LogP contribution in [0.25, 0.3) is 22.8 Å². The van der Waals surface area contributed by atoms with Gasteiger partial charge in [0.2, 0.25) is 0 Å². The van der Waals surface area contributed by atoms with E-state index in [0.717, 1.165) is 28.3 Å². The van der Waals surface area contributed by atoms with Crippen molar-refractivity contribution in [3.05, 3.63) is 84.9 Å². The zero-order chi connectivity index (χ0) is 17.1. The van der Waals surface area contributed by atoms with Crippen LogP contribution in [-0.2, 0) is 6.42 Å². The number of benzene rings is 2. The summed E-state index contributed by atoms with van der Waals surface area (Å²) in [5, 5.41) is 13.6. The molecule has 0 aliphatic rings. The Kier molecular flexibility index (Phi) is 4.14. The van der Waals surface area contributed by atoms with E-state index in [4.69, 9.17) is 0 Å². The number of aliphatic hydroxyl groups is 1. The molecule has 4 rings (SSSR count). The standard InChI is InChI=1S/C20H18N4O/c25-14-9-16-5-1-2-8-19(16)23-13-11-21-20(23)17-6-3-7-18(15-17)24-12-4-10-22-24/h1-8,10-13,15,25H,9,14H2. The normalized spacial score (nSPS) is 10.9. The van der Waals surface area contributed by atoms with Crippen LogP contribution in [0.15, 0.2) is 79.4 Å². The van der Waals surface area contributed by atoms with Crippen molar-refractivity contribution >= 4 is 0 Å². The molecular formula is C20H18N4O. The molecule has 1 N–H and O–H groups in total. The van der Waals surface area contributed by atoms with E-state index < -0.39 is 0 Å². The fourth-order valence-corrected chi connectivity index (χ4v) is 3.00. The van der Waals surface area contributed by atoms with Crippen LogP contribution in [0.3, 0.4) is 0 Å². The molecule has 4 aromatic rings. The summed E-state index contributed by atoms with van der Waals surface area (Å²) in [6.45, 7) is 0.121. The van der Waals surface area contributed by atoms with Crippen molar-refractivity contribution in [2.75, 3.05) is 6.61 Å². The Morgan fingerprint density at radius 2 is 1.84 bits per heavy atom. The summed E-state index contributed by atoms with van der Waals surface area (Å²) in [7, 11) is 0. The van der Waals surface area contributed by atoms with Gasteiger partial charge in [-0.1, -0.05) is 30.3 Å². The zero-order valence-corrected chi connectivity index (χ0v) is 13.7. The topological polar surface area (TPSA) is 55.9 Å². The van der Waals surface area contributed by atoms with Crippen LogP contribution in [0.1, 0.15) is 5.56 Å². The summed E-state index contributed by atoms with van der Waals surface area (Å²) in [4.78, 5) is 4.56. The first-order valence-corrected chi connectivity index (χ1v) is 8.20. The van der Waals surface area contributed by atoms with Gasteiger partial charge >= 0.3 is 0 Å². The fourth-order valence-electron chi connectivity index (χ4n) is 3.00. The Bertz CT molecular complexity index is 973. The highest BCUT2D eigenvalue weighted by molar-refractivity contribution is 5.62. The maximum atomic E-state index is 9.34. The molecule has 5 heteroatoms. The van der Waals surface area contributed by atoms with Gasteiger partial charge < -0.3 is 5.11 Å². The lowest BCUT2D eigenvalue weighted by Gasteiger charge is -2.13. The lowest BCUT2D eigenvalue weighted by atomic mass is 10.1. The summed E-state index contributed by atoms with van der Waals surface area (Å²) in [6.07, 6.45) is 8.04. The number of hydrogen-bond donors (Lipinski definition) is 1. The van der Waals surface area contributed by atoms with Crippen molar-refractivity contribution in [1.82, 2.24) is 19.3 Å². The predicted octanol–water partition coefficient (Wildman–Crippen LogP) is 3.26. The summed E-state index contributed by atoms with van der Waals surface area (Å²) < 4.78 is 3.89. The quantitative estimate of drug-likeness (QED) is 0.611. The molecule has 2 aromatic carbocycles. The number of rotatable bonds is 5. The molecule has 0 saturated heterocycles. The average molecular weight is 330 g/mol. The van der Waals surface area contributed by atoms with Crippen molar-refractivity contribution < 1.29 is 5.11 Å². The summed E-state index contributed by atoms with van der Waals surface area (Å²) >= 11 is 0. The Morgan fingerprint density at radius 1 is 0.920 bits per heavy atom. The van der Waals surface area contributed by atoms with E-state index in [2.05, 4.69) is 20.7 Å². The lowest BCUT2D eigenvalue weighted by molar-refractivity contribution is 0.299. The molecule has 0 fully saturated rings. The van der Waals surface area contributed by atoms with Crippen molar-refractivity contribution in [2.24, 2.45) is 0 Å². The molecule has 0 aliphatic carbocycles. The van der Waals surface area contributed by atoms with Crippen LogP contribution in [-0.4, -0.2) is 31.0 Å². The van der Waals surface area contributed by atoms with Crippen molar-refractivity contribution in [3.63, 3.8) is 0 Å². The van der Waals surface area contributed by atoms with E-state index in [-0.39, 0.29) is 6.61 Å². The van der Waals surface area contributed by atoms with Gasteiger partial charge in [0.05, 0.1) is 11.4 Å². The van der Waals surface area contributed by atoms with Crippen LogP contribution in [0, 0.1) is 0 Å². The van der Waals surface area contributed by atoms with Crippen LogP contribution >= 0.6 is 0 Å².